The molecule has 0 aliphatic carbocycles. The van der Waals surface area contributed by atoms with Crippen molar-refractivity contribution in [2.75, 3.05) is 13.2 Å². The Balaban J connectivity index is 0.00000312. The monoisotopic (exact) mass is 393 g/mol. The number of halogens is 1. The summed E-state index contributed by atoms with van der Waals surface area (Å²) in [6.07, 6.45) is -15.0. The van der Waals surface area contributed by atoms with E-state index in [1.165, 1.54) is 0 Å². The molecule has 2 saturated heterocycles. The van der Waals surface area contributed by atoms with E-state index in [2.05, 4.69) is 0 Å². The van der Waals surface area contributed by atoms with Gasteiger partial charge in [0.05, 0.1) is 13.2 Å². The summed E-state index contributed by atoms with van der Waals surface area (Å²) < 4.78 is 15.2. The van der Waals surface area contributed by atoms with Gasteiger partial charge in [0.2, 0.25) is 0 Å². The molecular weight excluding hydrogens is 370 g/mol. The van der Waals surface area contributed by atoms with E-state index in [4.69, 9.17) is 25.1 Å². The lowest BCUT2D eigenvalue weighted by Crippen LogP contribution is -2.73. The Morgan fingerprint density at radius 3 is 1.96 bits per heavy atom. The van der Waals surface area contributed by atoms with E-state index < -0.39 is 74.2 Å². The highest BCUT2D eigenvalue weighted by Crippen LogP contribution is 2.30. The van der Waals surface area contributed by atoms with Gasteiger partial charge in [0, 0.05) is 0 Å². The number of hydrogen-bond donors (Lipinski definition) is 9. The second-order valence-corrected chi connectivity index (χ2v) is 5.83. The van der Waals surface area contributed by atoms with Crippen LogP contribution in [0.15, 0.2) is 0 Å². The molecule has 2 rings (SSSR count). The molecule has 2 aliphatic heterocycles. The van der Waals surface area contributed by atoms with Crippen molar-refractivity contribution in [3.8, 4) is 0 Å². The van der Waals surface area contributed by atoms with Crippen LogP contribution in [0.4, 0.5) is 0 Å². The Kier molecular flexibility index (Phi) is 7.92. The fraction of sp³-hybridized carbons (Fsp3) is 1.00. The first kappa shape index (κ1) is 22.9. The van der Waals surface area contributed by atoms with Gasteiger partial charge in [-0.25, -0.2) is 0 Å². The minimum atomic E-state index is -2.59. The predicted octanol–water partition coefficient (Wildman–Crippen LogP) is -5.69. The molecule has 10 atom stereocenters. The molecular formula is C12H24ClNO11. The van der Waals surface area contributed by atoms with E-state index in [1.54, 1.807) is 0 Å². The average Bonchev–Trinajstić information content (AvgIpc) is 2.55. The van der Waals surface area contributed by atoms with Crippen molar-refractivity contribution in [3.63, 3.8) is 0 Å². The van der Waals surface area contributed by atoms with Gasteiger partial charge in [0.15, 0.2) is 18.3 Å². The highest BCUT2D eigenvalue weighted by molar-refractivity contribution is 5.85. The molecule has 0 amide bonds. The summed E-state index contributed by atoms with van der Waals surface area (Å²) in [6.45, 7) is -1.48. The molecule has 10 N–H and O–H groups in total. The van der Waals surface area contributed by atoms with Crippen molar-refractivity contribution >= 4 is 12.4 Å². The molecule has 0 radical (unpaired) electrons. The molecule has 0 aromatic heterocycles. The maximum Gasteiger partial charge on any atom is 0.188 e. The fourth-order valence-electron chi connectivity index (χ4n) is 2.65. The summed E-state index contributed by atoms with van der Waals surface area (Å²) >= 11 is 0. The Morgan fingerprint density at radius 2 is 1.44 bits per heavy atom. The van der Waals surface area contributed by atoms with Crippen LogP contribution in [0, 0.1) is 0 Å². The van der Waals surface area contributed by atoms with Crippen LogP contribution in [0.5, 0.6) is 0 Å². The van der Waals surface area contributed by atoms with E-state index in [1.807, 2.05) is 0 Å². The zero-order chi connectivity index (χ0) is 18.2. The Labute approximate surface area is 148 Å². The number of nitrogens with two attached hydrogens (primary N) is 1. The highest BCUT2D eigenvalue weighted by atomic mass is 35.5. The zero-order valence-electron chi connectivity index (χ0n) is 12.9. The fourth-order valence-corrected chi connectivity index (χ4v) is 2.65. The minimum absolute atomic E-state index is 0. The summed E-state index contributed by atoms with van der Waals surface area (Å²) in [5.41, 5.74) is 2.84. The van der Waals surface area contributed by atoms with Crippen LogP contribution in [-0.4, -0.2) is 115 Å². The van der Waals surface area contributed by atoms with Gasteiger partial charge in [-0.05, 0) is 0 Å². The van der Waals surface area contributed by atoms with Gasteiger partial charge in [-0.1, -0.05) is 0 Å². The van der Waals surface area contributed by atoms with E-state index in [-0.39, 0.29) is 12.4 Å². The summed E-state index contributed by atoms with van der Waals surface area (Å²) in [5, 5.41) is 77.2. The number of rotatable bonds is 4. The van der Waals surface area contributed by atoms with Gasteiger partial charge in [-0.15, -0.1) is 12.4 Å². The maximum absolute atomic E-state index is 10.0. The first-order chi connectivity index (χ1) is 11.1. The summed E-state index contributed by atoms with van der Waals surface area (Å²) in [5.74, 6) is 0. The topological polar surface area (TPSA) is 216 Å². The van der Waals surface area contributed by atoms with E-state index in [0.717, 1.165) is 0 Å². The Hall–Kier alpha value is -0.190. The Morgan fingerprint density at radius 1 is 0.880 bits per heavy atom. The summed E-state index contributed by atoms with van der Waals surface area (Å²) in [7, 11) is 0. The number of ether oxygens (including phenoxy) is 3. The normalized spacial score (nSPS) is 51.0. The van der Waals surface area contributed by atoms with Crippen LogP contribution in [0.2, 0.25) is 0 Å². The lowest BCUT2D eigenvalue weighted by molar-refractivity contribution is -0.370. The second-order valence-electron chi connectivity index (χ2n) is 5.83. The van der Waals surface area contributed by atoms with Crippen LogP contribution in [0.25, 0.3) is 0 Å². The lowest BCUT2D eigenvalue weighted by Gasteiger charge is -2.48. The third-order valence-corrected chi connectivity index (χ3v) is 4.18. The highest BCUT2D eigenvalue weighted by Gasteiger charge is 2.55. The first-order valence-electron chi connectivity index (χ1n) is 7.24. The third kappa shape index (κ3) is 4.22. The van der Waals surface area contributed by atoms with E-state index in [0.29, 0.717) is 0 Å². The van der Waals surface area contributed by atoms with Gasteiger partial charge >= 0.3 is 0 Å². The van der Waals surface area contributed by atoms with Crippen molar-refractivity contribution in [2.45, 2.75) is 61.0 Å². The molecule has 0 bridgehead atoms. The van der Waals surface area contributed by atoms with Crippen LogP contribution in [0.3, 0.4) is 0 Å². The molecule has 2 aliphatic rings. The second kappa shape index (κ2) is 8.67. The quantitative estimate of drug-likeness (QED) is 0.204. The largest absolute Gasteiger partial charge is 0.394 e. The van der Waals surface area contributed by atoms with Gasteiger partial charge in [-0.3, -0.25) is 5.73 Å². The van der Waals surface area contributed by atoms with Gasteiger partial charge in [0.25, 0.3) is 0 Å². The molecule has 13 heteroatoms. The molecule has 0 unspecified atom stereocenters. The lowest BCUT2D eigenvalue weighted by atomic mass is 9.92. The Bertz CT molecular complexity index is 428. The number of aliphatic hydroxyl groups excluding tert-OH is 7. The van der Waals surface area contributed by atoms with Crippen molar-refractivity contribution in [1.29, 1.82) is 0 Å². The van der Waals surface area contributed by atoms with Crippen molar-refractivity contribution in [3.05, 3.63) is 0 Å². The first-order valence-corrected chi connectivity index (χ1v) is 7.24. The van der Waals surface area contributed by atoms with Gasteiger partial charge in [-0.2, -0.15) is 0 Å². The standard InChI is InChI=1S/C12H23NO11.ClH/c13-12(21)8(18)4(2-15)23-11(9(12)19)24-7-3(1-14)22-10(20)6(17)5(7)16;/h3-11,14-21H,1-2,13H2;1H/t3-,4-,5-,6-,7-,8-,9+,10-,11+,12+;/m1./s1. The van der Waals surface area contributed by atoms with Crippen LogP contribution in [-0.2, 0) is 14.2 Å². The van der Waals surface area contributed by atoms with Crippen LogP contribution >= 0.6 is 12.4 Å². The molecule has 0 saturated carbocycles. The number of aliphatic hydroxyl groups is 8. The predicted molar refractivity (Wildman–Crippen MR) is 79.0 cm³/mol. The van der Waals surface area contributed by atoms with Crippen molar-refractivity contribution < 1.29 is 55.1 Å². The van der Waals surface area contributed by atoms with Gasteiger partial charge in [0.1, 0.15) is 42.7 Å². The maximum atomic E-state index is 10.0. The molecule has 0 aromatic carbocycles. The van der Waals surface area contributed by atoms with Crippen LogP contribution in [0.1, 0.15) is 0 Å². The molecule has 0 aromatic rings. The summed E-state index contributed by atoms with van der Waals surface area (Å²) in [6, 6.07) is 0. The van der Waals surface area contributed by atoms with E-state index in [9.17, 15) is 35.7 Å². The van der Waals surface area contributed by atoms with Crippen molar-refractivity contribution in [2.24, 2.45) is 5.73 Å². The van der Waals surface area contributed by atoms with Crippen molar-refractivity contribution in [1.82, 2.24) is 0 Å². The molecule has 12 nitrogen and oxygen atoms in total. The zero-order valence-corrected chi connectivity index (χ0v) is 13.7. The number of hydrogen-bond acceptors (Lipinski definition) is 12. The summed E-state index contributed by atoms with van der Waals surface area (Å²) in [4.78, 5) is 0. The molecule has 25 heavy (non-hydrogen) atoms. The smallest absolute Gasteiger partial charge is 0.188 e. The minimum Gasteiger partial charge on any atom is -0.394 e. The molecule has 2 fully saturated rings. The van der Waals surface area contributed by atoms with Gasteiger partial charge < -0.3 is 55.1 Å². The average molecular weight is 394 g/mol. The third-order valence-electron chi connectivity index (χ3n) is 4.18. The van der Waals surface area contributed by atoms with E-state index >= 15 is 0 Å². The molecule has 2 heterocycles. The van der Waals surface area contributed by atoms with Crippen LogP contribution < -0.4 is 5.73 Å². The molecule has 0 spiro atoms. The molecule has 150 valence electrons. The SMILES string of the molecule is Cl.N[C@]1(O)[C@H](O)[C@@H](CO)O[C@@H](O[C@H]2[C@H](O)[C@@H](O)[C@H](O)O[C@@H]2CO)[C@@H]1O.